The average molecular weight is 289 g/mol. The lowest BCUT2D eigenvalue weighted by Gasteiger charge is -2.13. The molecule has 0 amide bonds. The number of aromatic nitrogens is 1. The van der Waals surface area contributed by atoms with Gasteiger partial charge < -0.3 is 14.8 Å². The van der Waals surface area contributed by atoms with Gasteiger partial charge in [0.15, 0.2) is 0 Å². The summed E-state index contributed by atoms with van der Waals surface area (Å²) in [5.41, 5.74) is 1.74. The fraction of sp³-hybridized carbons (Fsp3) is 0.471. The van der Waals surface area contributed by atoms with E-state index in [1.165, 1.54) is 0 Å². The molecular formula is C17H23NO3. The van der Waals surface area contributed by atoms with Crippen molar-refractivity contribution in [1.29, 1.82) is 0 Å². The molecule has 0 atom stereocenters. The van der Waals surface area contributed by atoms with Crippen LogP contribution in [-0.4, -0.2) is 17.2 Å². The molecule has 21 heavy (non-hydrogen) atoms. The number of fused-ring (bicyclic) bond motifs is 1. The normalized spacial score (nSPS) is 11.3. The standard InChI is InChI=1S/C17H23NO3/c1-5-12-16(21-4)13-9-8-11(7-6-10(2)3)15(19)14(13)18-17(12)20/h8-10,19H,5-7H2,1-4H3,(H,18,20). The molecule has 0 spiro atoms. The van der Waals surface area contributed by atoms with E-state index in [1.54, 1.807) is 7.11 Å². The number of pyridine rings is 1. The van der Waals surface area contributed by atoms with Gasteiger partial charge in [0.1, 0.15) is 11.5 Å². The molecule has 4 heteroatoms. The van der Waals surface area contributed by atoms with Gasteiger partial charge in [0.25, 0.3) is 5.56 Å². The summed E-state index contributed by atoms with van der Waals surface area (Å²) in [6, 6.07) is 3.83. The van der Waals surface area contributed by atoms with Crippen molar-refractivity contribution in [3.8, 4) is 11.5 Å². The fourth-order valence-electron chi connectivity index (χ4n) is 2.60. The fourth-order valence-corrected chi connectivity index (χ4v) is 2.60. The number of hydrogen-bond donors (Lipinski definition) is 2. The van der Waals surface area contributed by atoms with Crippen molar-refractivity contribution in [3.05, 3.63) is 33.6 Å². The second-order valence-electron chi connectivity index (χ2n) is 5.75. The highest BCUT2D eigenvalue weighted by Crippen LogP contribution is 2.34. The number of aromatic amines is 1. The number of phenolic OH excluding ortho intramolecular Hbond substituents is 1. The molecule has 0 radical (unpaired) electrons. The first-order valence-electron chi connectivity index (χ1n) is 7.43. The van der Waals surface area contributed by atoms with Crippen LogP contribution in [0, 0.1) is 5.92 Å². The first-order chi connectivity index (χ1) is 9.99. The van der Waals surface area contributed by atoms with E-state index in [1.807, 2.05) is 19.1 Å². The second kappa shape index (κ2) is 6.20. The smallest absolute Gasteiger partial charge is 0.255 e. The van der Waals surface area contributed by atoms with Gasteiger partial charge in [-0.2, -0.15) is 0 Å². The van der Waals surface area contributed by atoms with Gasteiger partial charge >= 0.3 is 0 Å². The van der Waals surface area contributed by atoms with E-state index in [-0.39, 0.29) is 11.3 Å². The maximum absolute atomic E-state index is 12.1. The number of rotatable bonds is 5. The molecule has 1 aromatic heterocycles. The van der Waals surface area contributed by atoms with Crippen molar-refractivity contribution in [1.82, 2.24) is 4.98 Å². The van der Waals surface area contributed by atoms with Gasteiger partial charge in [-0.15, -0.1) is 0 Å². The Morgan fingerprint density at radius 1 is 1.33 bits per heavy atom. The van der Waals surface area contributed by atoms with E-state index < -0.39 is 0 Å². The molecule has 0 bridgehead atoms. The Hall–Kier alpha value is -1.97. The zero-order valence-corrected chi connectivity index (χ0v) is 13.1. The van der Waals surface area contributed by atoms with Crippen LogP contribution in [0.1, 0.15) is 38.3 Å². The highest BCUT2D eigenvalue weighted by Gasteiger charge is 2.16. The minimum absolute atomic E-state index is 0.159. The number of benzene rings is 1. The van der Waals surface area contributed by atoms with E-state index in [2.05, 4.69) is 18.8 Å². The molecule has 0 aliphatic heterocycles. The first kappa shape index (κ1) is 15.4. The summed E-state index contributed by atoms with van der Waals surface area (Å²) in [6.07, 6.45) is 2.37. The van der Waals surface area contributed by atoms with Gasteiger partial charge in [-0.3, -0.25) is 4.79 Å². The molecule has 2 N–H and O–H groups in total. The van der Waals surface area contributed by atoms with E-state index >= 15 is 0 Å². The van der Waals surface area contributed by atoms with Crippen molar-refractivity contribution in [3.63, 3.8) is 0 Å². The van der Waals surface area contributed by atoms with Crippen molar-refractivity contribution >= 4 is 10.9 Å². The maximum atomic E-state index is 12.1. The van der Waals surface area contributed by atoms with Gasteiger partial charge in [0.05, 0.1) is 18.2 Å². The van der Waals surface area contributed by atoms with Gasteiger partial charge in [-0.1, -0.05) is 26.8 Å². The van der Waals surface area contributed by atoms with Crippen LogP contribution < -0.4 is 10.3 Å². The molecule has 1 heterocycles. The monoisotopic (exact) mass is 289 g/mol. The van der Waals surface area contributed by atoms with Gasteiger partial charge in [0, 0.05) is 5.39 Å². The average Bonchev–Trinajstić information content (AvgIpc) is 2.45. The molecule has 0 unspecified atom stereocenters. The lowest BCUT2D eigenvalue weighted by Crippen LogP contribution is -2.14. The lowest BCUT2D eigenvalue weighted by molar-refractivity contribution is 0.413. The minimum Gasteiger partial charge on any atom is -0.505 e. The topological polar surface area (TPSA) is 62.3 Å². The molecule has 0 saturated heterocycles. The summed E-state index contributed by atoms with van der Waals surface area (Å²) < 4.78 is 5.39. The van der Waals surface area contributed by atoms with Crippen LogP contribution in [0.3, 0.4) is 0 Å². The number of hydrogen-bond acceptors (Lipinski definition) is 3. The molecule has 114 valence electrons. The van der Waals surface area contributed by atoms with Crippen LogP contribution in [0.5, 0.6) is 11.5 Å². The van der Waals surface area contributed by atoms with Gasteiger partial charge in [0.2, 0.25) is 0 Å². The molecular weight excluding hydrogens is 266 g/mol. The third-order valence-electron chi connectivity index (χ3n) is 3.84. The highest BCUT2D eigenvalue weighted by atomic mass is 16.5. The predicted molar refractivity (Wildman–Crippen MR) is 85.3 cm³/mol. The Kier molecular flexibility index (Phi) is 4.56. The molecule has 0 aliphatic carbocycles. The zero-order chi connectivity index (χ0) is 15.6. The largest absolute Gasteiger partial charge is 0.505 e. The second-order valence-corrected chi connectivity index (χ2v) is 5.75. The summed E-state index contributed by atoms with van der Waals surface area (Å²) >= 11 is 0. The van der Waals surface area contributed by atoms with Gasteiger partial charge in [-0.05, 0) is 36.8 Å². The Morgan fingerprint density at radius 3 is 2.62 bits per heavy atom. The molecule has 1 aromatic carbocycles. The lowest BCUT2D eigenvalue weighted by atomic mass is 9.99. The predicted octanol–water partition coefficient (Wildman–Crippen LogP) is 3.39. The molecule has 0 saturated carbocycles. The highest BCUT2D eigenvalue weighted by molar-refractivity contribution is 5.91. The molecule has 4 nitrogen and oxygen atoms in total. The summed E-state index contributed by atoms with van der Waals surface area (Å²) in [4.78, 5) is 14.9. The zero-order valence-electron chi connectivity index (χ0n) is 13.1. The Morgan fingerprint density at radius 2 is 2.05 bits per heavy atom. The molecule has 0 fully saturated rings. The number of H-pyrrole nitrogens is 1. The first-order valence-corrected chi connectivity index (χ1v) is 7.43. The summed E-state index contributed by atoms with van der Waals surface area (Å²) in [7, 11) is 1.55. The van der Waals surface area contributed by atoms with Crippen LogP contribution in [0.25, 0.3) is 10.9 Å². The van der Waals surface area contributed by atoms with Crippen molar-refractivity contribution in [2.45, 2.75) is 40.0 Å². The summed E-state index contributed by atoms with van der Waals surface area (Å²) in [5.74, 6) is 1.28. The number of nitrogens with one attached hydrogen (secondary N) is 1. The molecule has 2 rings (SSSR count). The SMILES string of the molecule is CCc1c(OC)c2ccc(CCC(C)C)c(O)c2[nH]c1=O. The van der Waals surface area contributed by atoms with Crippen LogP contribution in [0.15, 0.2) is 16.9 Å². The number of aromatic hydroxyl groups is 1. The maximum Gasteiger partial charge on any atom is 0.255 e. The van der Waals surface area contributed by atoms with Crippen molar-refractivity contribution < 1.29 is 9.84 Å². The van der Waals surface area contributed by atoms with Crippen LogP contribution in [-0.2, 0) is 12.8 Å². The van der Waals surface area contributed by atoms with E-state index in [0.29, 0.717) is 29.2 Å². The third-order valence-corrected chi connectivity index (χ3v) is 3.84. The number of aryl methyl sites for hydroxylation is 1. The Labute approximate surface area is 124 Å². The van der Waals surface area contributed by atoms with Crippen LogP contribution in [0.4, 0.5) is 0 Å². The summed E-state index contributed by atoms with van der Waals surface area (Å²) in [5, 5.41) is 11.2. The van der Waals surface area contributed by atoms with E-state index in [0.717, 1.165) is 23.8 Å². The molecule has 0 aliphatic rings. The summed E-state index contributed by atoms with van der Waals surface area (Å²) in [6.45, 7) is 6.21. The quantitative estimate of drug-likeness (QED) is 0.887. The van der Waals surface area contributed by atoms with Gasteiger partial charge in [-0.25, -0.2) is 0 Å². The van der Waals surface area contributed by atoms with Crippen LogP contribution >= 0.6 is 0 Å². The third kappa shape index (κ3) is 2.89. The molecule has 2 aromatic rings. The number of methoxy groups -OCH3 is 1. The minimum atomic E-state index is -0.196. The van der Waals surface area contributed by atoms with E-state index in [9.17, 15) is 9.90 Å². The van der Waals surface area contributed by atoms with Crippen LogP contribution in [0.2, 0.25) is 0 Å². The number of ether oxygens (including phenoxy) is 1. The van der Waals surface area contributed by atoms with E-state index in [4.69, 9.17) is 4.74 Å². The van der Waals surface area contributed by atoms with Crippen molar-refractivity contribution in [2.75, 3.05) is 7.11 Å². The number of phenols is 1. The Bertz CT molecular complexity index is 701. The Balaban J connectivity index is 2.63. The van der Waals surface area contributed by atoms with Crippen molar-refractivity contribution in [2.24, 2.45) is 5.92 Å².